The maximum atomic E-state index is 11.4. The fraction of sp³-hybridized carbons (Fsp3) is 0.800. The highest BCUT2D eigenvalue weighted by Gasteiger charge is 2.63. The molecule has 0 radical (unpaired) electrons. The van der Waals surface area contributed by atoms with Crippen molar-refractivity contribution < 1.29 is 14.6 Å². The Morgan fingerprint density at radius 2 is 2.26 bits per heavy atom. The number of aliphatic hydroxyl groups excluding tert-OH is 1. The van der Waals surface area contributed by atoms with E-state index in [1.807, 2.05) is 6.08 Å². The van der Waals surface area contributed by atoms with Crippen molar-refractivity contribution in [2.45, 2.75) is 51.6 Å². The zero-order valence-corrected chi connectivity index (χ0v) is 12.6. The van der Waals surface area contributed by atoms with E-state index in [0.29, 0.717) is 11.5 Å². The van der Waals surface area contributed by atoms with Crippen LogP contribution in [0.15, 0.2) is 11.6 Å². The van der Waals surface area contributed by atoms with Gasteiger partial charge in [0.2, 0.25) is 0 Å². The molecule has 1 N–H and O–H groups in total. The van der Waals surface area contributed by atoms with Crippen LogP contribution in [0.1, 0.15) is 40.0 Å². The fourth-order valence-electron chi connectivity index (χ4n) is 4.20. The topological polar surface area (TPSA) is 46.5 Å². The van der Waals surface area contributed by atoms with E-state index in [2.05, 4.69) is 13.8 Å². The molecule has 3 rings (SSSR count). The third-order valence-electron chi connectivity index (χ3n) is 5.82. The number of hydrogen-bond donors (Lipinski definition) is 1. The van der Waals surface area contributed by atoms with Gasteiger partial charge in [0.1, 0.15) is 0 Å². The van der Waals surface area contributed by atoms with Gasteiger partial charge in [-0.3, -0.25) is 0 Å². The minimum absolute atomic E-state index is 0.000917. The van der Waals surface area contributed by atoms with Crippen LogP contribution in [0.25, 0.3) is 0 Å². The lowest BCUT2D eigenvalue weighted by atomic mass is 9.70. The summed E-state index contributed by atoms with van der Waals surface area (Å²) in [7, 11) is 0. The summed E-state index contributed by atoms with van der Waals surface area (Å²) < 4.78 is 5.29. The van der Waals surface area contributed by atoms with Crippen LogP contribution in [-0.4, -0.2) is 28.4 Å². The SMILES string of the molecule is CC1=C[C@@H](SC[C@]23CC[C@H](C[C@H]2O)C3(C)C)OC1=O. The molecule has 0 aromatic heterocycles. The fourth-order valence-corrected chi connectivity index (χ4v) is 5.82. The van der Waals surface area contributed by atoms with Crippen molar-refractivity contribution in [1.82, 2.24) is 0 Å². The average Bonchev–Trinajstić information content (AvgIpc) is 2.84. The van der Waals surface area contributed by atoms with E-state index in [0.717, 1.165) is 18.6 Å². The number of fused-ring (bicyclic) bond motifs is 2. The van der Waals surface area contributed by atoms with Crippen LogP contribution < -0.4 is 0 Å². The monoisotopic (exact) mass is 282 g/mol. The molecule has 0 amide bonds. The summed E-state index contributed by atoms with van der Waals surface area (Å²) in [6, 6.07) is 0. The molecule has 1 heterocycles. The molecule has 2 saturated carbocycles. The van der Waals surface area contributed by atoms with Crippen molar-refractivity contribution in [3.05, 3.63) is 11.6 Å². The number of aliphatic hydroxyl groups is 1. The van der Waals surface area contributed by atoms with E-state index in [1.165, 1.54) is 6.42 Å². The molecular weight excluding hydrogens is 260 g/mol. The molecule has 0 spiro atoms. The van der Waals surface area contributed by atoms with Crippen LogP contribution in [-0.2, 0) is 9.53 Å². The maximum Gasteiger partial charge on any atom is 0.335 e. The molecule has 3 nitrogen and oxygen atoms in total. The van der Waals surface area contributed by atoms with E-state index < -0.39 is 0 Å². The van der Waals surface area contributed by atoms with Gasteiger partial charge in [-0.1, -0.05) is 13.8 Å². The third kappa shape index (κ3) is 1.79. The van der Waals surface area contributed by atoms with Gasteiger partial charge >= 0.3 is 5.97 Å². The summed E-state index contributed by atoms with van der Waals surface area (Å²) in [6.45, 7) is 6.38. The number of thioether (sulfide) groups is 1. The molecule has 2 aliphatic carbocycles. The minimum atomic E-state index is -0.203. The summed E-state index contributed by atoms with van der Waals surface area (Å²) in [4.78, 5) is 11.4. The lowest BCUT2D eigenvalue weighted by molar-refractivity contribution is -0.136. The molecular formula is C15H22O3S. The van der Waals surface area contributed by atoms with E-state index >= 15 is 0 Å². The van der Waals surface area contributed by atoms with Gasteiger partial charge in [0.15, 0.2) is 5.44 Å². The second-order valence-electron chi connectivity index (χ2n) is 6.80. The zero-order chi connectivity index (χ0) is 13.8. The molecule has 0 saturated heterocycles. The number of carbonyl (C=O) groups is 1. The third-order valence-corrected chi connectivity index (χ3v) is 7.07. The maximum absolute atomic E-state index is 11.4. The Morgan fingerprint density at radius 3 is 2.74 bits per heavy atom. The summed E-state index contributed by atoms with van der Waals surface area (Å²) in [5, 5.41) is 10.4. The van der Waals surface area contributed by atoms with Gasteiger partial charge in [-0.15, -0.1) is 11.8 Å². The first-order valence-corrected chi connectivity index (χ1v) is 8.11. The van der Waals surface area contributed by atoms with Gasteiger partial charge in [-0.05, 0) is 43.6 Å². The molecule has 2 fully saturated rings. The van der Waals surface area contributed by atoms with Gasteiger partial charge in [0.05, 0.1) is 6.10 Å². The molecule has 4 atom stereocenters. The lowest BCUT2D eigenvalue weighted by Gasteiger charge is -2.40. The largest absolute Gasteiger partial charge is 0.444 e. The van der Waals surface area contributed by atoms with Crippen LogP contribution in [0, 0.1) is 16.7 Å². The highest BCUT2D eigenvalue weighted by Crippen LogP contribution is 2.66. The molecule has 0 aromatic carbocycles. The van der Waals surface area contributed by atoms with Crippen LogP contribution >= 0.6 is 11.8 Å². The van der Waals surface area contributed by atoms with Crippen LogP contribution in [0.2, 0.25) is 0 Å². The van der Waals surface area contributed by atoms with E-state index in [9.17, 15) is 9.90 Å². The Labute approximate surface area is 118 Å². The molecule has 3 aliphatic rings. The molecule has 19 heavy (non-hydrogen) atoms. The number of hydrogen-bond acceptors (Lipinski definition) is 4. The molecule has 0 unspecified atom stereocenters. The van der Waals surface area contributed by atoms with Crippen molar-refractivity contribution >= 4 is 17.7 Å². The summed E-state index contributed by atoms with van der Waals surface area (Å²) in [5.41, 5.74) is 0.731. The minimum Gasteiger partial charge on any atom is -0.444 e. The normalized spacial score (nSPS) is 43.5. The standard InChI is InChI=1S/C15H22O3S/c1-9-6-12(18-13(9)17)19-8-15-5-4-10(7-11(15)16)14(15,2)3/h6,10-12,16H,4-5,7-8H2,1-3H3/t10-,11-,12-,15-/m1/s1. The second-order valence-corrected chi connectivity index (χ2v) is 7.89. The van der Waals surface area contributed by atoms with E-state index in [-0.39, 0.29) is 28.3 Å². The second kappa shape index (κ2) is 4.26. The van der Waals surface area contributed by atoms with E-state index in [1.54, 1.807) is 18.7 Å². The summed E-state index contributed by atoms with van der Waals surface area (Å²) in [5.74, 6) is 1.32. The quantitative estimate of drug-likeness (QED) is 0.809. The number of esters is 1. The van der Waals surface area contributed by atoms with Gasteiger partial charge in [0.25, 0.3) is 0 Å². The van der Waals surface area contributed by atoms with Crippen molar-refractivity contribution in [3.8, 4) is 0 Å². The highest BCUT2D eigenvalue weighted by molar-refractivity contribution is 8.00. The Bertz CT molecular complexity index is 443. The zero-order valence-electron chi connectivity index (χ0n) is 11.8. The Morgan fingerprint density at radius 1 is 1.53 bits per heavy atom. The predicted molar refractivity (Wildman–Crippen MR) is 75.7 cm³/mol. The first-order chi connectivity index (χ1) is 8.87. The van der Waals surface area contributed by atoms with Gasteiger partial charge in [-0.2, -0.15) is 0 Å². The molecule has 2 bridgehead atoms. The molecule has 4 heteroatoms. The summed E-state index contributed by atoms with van der Waals surface area (Å²) in [6.07, 6.45) is 4.96. The summed E-state index contributed by atoms with van der Waals surface area (Å²) >= 11 is 1.67. The molecule has 106 valence electrons. The van der Waals surface area contributed by atoms with Crippen molar-refractivity contribution in [3.63, 3.8) is 0 Å². The number of rotatable bonds is 3. The predicted octanol–water partition coefficient (Wildman–Crippen LogP) is 2.74. The van der Waals surface area contributed by atoms with E-state index in [4.69, 9.17) is 4.74 Å². The average molecular weight is 282 g/mol. The highest BCUT2D eigenvalue weighted by atomic mass is 32.2. The van der Waals surface area contributed by atoms with Gasteiger partial charge in [0, 0.05) is 16.7 Å². The van der Waals surface area contributed by atoms with Crippen molar-refractivity contribution in [2.75, 3.05) is 5.75 Å². The number of carbonyl (C=O) groups excluding carboxylic acids is 1. The van der Waals surface area contributed by atoms with Crippen LogP contribution in [0.5, 0.6) is 0 Å². The Hall–Kier alpha value is -0.480. The van der Waals surface area contributed by atoms with Crippen molar-refractivity contribution in [2.24, 2.45) is 16.7 Å². The smallest absolute Gasteiger partial charge is 0.335 e. The number of cyclic esters (lactones) is 1. The van der Waals surface area contributed by atoms with Crippen molar-refractivity contribution in [1.29, 1.82) is 0 Å². The first-order valence-electron chi connectivity index (χ1n) is 7.06. The molecule has 1 aliphatic heterocycles. The number of ether oxygens (including phenoxy) is 1. The molecule has 0 aromatic rings. The van der Waals surface area contributed by atoms with Gasteiger partial charge in [-0.25, -0.2) is 4.79 Å². The Balaban J connectivity index is 1.71. The van der Waals surface area contributed by atoms with Crippen LogP contribution in [0.3, 0.4) is 0 Å². The van der Waals surface area contributed by atoms with Gasteiger partial charge < -0.3 is 9.84 Å². The lowest BCUT2D eigenvalue weighted by Crippen LogP contribution is -2.41. The van der Waals surface area contributed by atoms with Crippen LogP contribution in [0.4, 0.5) is 0 Å². The Kier molecular flexibility index (Phi) is 3.02. The first kappa shape index (κ1) is 13.5.